The van der Waals surface area contributed by atoms with E-state index in [1.54, 1.807) is 13.8 Å². The second-order valence-corrected chi connectivity index (χ2v) is 21.9. The number of carbonyl (C=O) groups is 2. The van der Waals surface area contributed by atoms with Gasteiger partial charge in [-0.2, -0.15) is 10.2 Å². The fourth-order valence-corrected chi connectivity index (χ4v) is 10.8. The molecule has 2 aliphatic heterocycles. The molecule has 0 bridgehead atoms. The van der Waals surface area contributed by atoms with Crippen molar-refractivity contribution in [2.45, 2.75) is 94.0 Å². The standard InChI is InChI=1S/C52H45Cl6F4N13O10/c1-21-64-50(74(68-21)35-15-25(53)6-8-27(35)55)48-46(42(44(79)37(19-76)82-48)72-17-33(66-70-72)23-11-29(59)40(57)30(60)12-23)84-39(78)5-3-4-10-63-52(81)85-47-43(73-18-34(67-71-73)24-13-31(61)41(58)32(62)14-24)45(80)38(20-77)83-49(47)51-65-22(2)69-75(51)36-16-26(54)7-9-28(36)56/h6-9,11-18,37-38,42-49,76-77,79-80H,3-5,10,19-20H2,1-2H3,(H,63,81). The van der Waals surface area contributed by atoms with Crippen LogP contribution in [0.15, 0.2) is 73.1 Å². The zero-order valence-electron chi connectivity index (χ0n) is 43.8. The van der Waals surface area contributed by atoms with E-state index < -0.39 is 120 Å². The van der Waals surface area contributed by atoms with Crippen LogP contribution < -0.4 is 5.32 Å². The topological polar surface area (TPSA) is 287 Å². The van der Waals surface area contributed by atoms with Crippen LogP contribution in [-0.2, 0) is 23.7 Å². The largest absolute Gasteiger partial charge is 0.457 e. The molecule has 0 aliphatic carbocycles. The Morgan fingerprint density at radius 2 is 1.05 bits per heavy atom. The van der Waals surface area contributed by atoms with E-state index in [0.717, 1.165) is 33.6 Å². The van der Waals surface area contributed by atoms with Gasteiger partial charge in [-0.25, -0.2) is 51.1 Å². The summed E-state index contributed by atoms with van der Waals surface area (Å²) >= 11 is 37.5. The summed E-state index contributed by atoms with van der Waals surface area (Å²) in [6.45, 7) is 1.39. The highest BCUT2D eigenvalue weighted by Crippen LogP contribution is 2.44. The van der Waals surface area contributed by atoms with Crippen LogP contribution in [0.5, 0.6) is 0 Å². The van der Waals surface area contributed by atoms with Crippen molar-refractivity contribution >= 4 is 81.7 Å². The second kappa shape index (κ2) is 25.8. The van der Waals surface area contributed by atoms with Crippen molar-refractivity contribution < 1.29 is 66.5 Å². The van der Waals surface area contributed by atoms with E-state index in [0.29, 0.717) is 0 Å². The minimum atomic E-state index is -1.71. The molecule has 1 amide bonds. The van der Waals surface area contributed by atoms with Gasteiger partial charge in [-0.05, 0) is 87.4 Å². The van der Waals surface area contributed by atoms with Crippen molar-refractivity contribution in [3.63, 3.8) is 0 Å². The summed E-state index contributed by atoms with van der Waals surface area (Å²) in [4.78, 5) is 37.3. The predicted molar refractivity (Wildman–Crippen MR) is 294 cm³/mol. The third-order valence-corrected chi connectivity index (χ3v) is 15.6. The molecular weight excluding hydrogens is 1260 g/mol. The number of aryl methyl sites for hydroxylation is 2. The number of alkyl carbamates (subject to hydrolysis) is 1. The van der Waals surface area contributed by atoms with Crippen LogP contribution in [0.4, 0.5) is 22.4 Å². The molecule has 5 N–H and O–H groups in total. The van der Waals surface area contributed by atoms with Gasteiger partial charge in [-0.3, -0.25) is 4.79 Å². The molecule has 2 saturated heterocycles. The molecular formula is C52H45Cl6F4N13O10. The Morgan fingerprint density at radius 3 is 1.47 bits per heavy atom. The lowest BCUT2D eigenvalue weighted by atomic mass is 9.91. The molecule has 4 aromatic heterocycles. The zero-order valence-corrected chi connectivity index (χ0v) is 48.4. The van der Waals surface area contributed by atoms with E-state index in [1.165, 1.54) is 58.2 Å². The first-order chi connectivity index (χ1) is 40.6. The normalized spacial score (nSPS) is 22.4. The lowest BCUT2D eigenvalue weighted by Crippen LogP contribution is -2.55. The number of amides is 1. The van der Waals surface area contributed by atoms with Gasteiger partial charge in [0.25, 0.3) is 0 Å². The SMILES string of the molecule is Cc1nc(C2OC(CO)C(O)C(n3cc(-c4cc(F)c(Cl)c(F)c4)nn3)C2OC(=O)CCCCNC(=O)OC2C(c3nc(C)nn3-c3cc(Cl)ccc3Cl)OC(CO)C(O)C2n2cc(-c3cc(F)c(Cl)c(F)c3)nn2)n(-c2cc(Cl)ccc2Cl)n1. The number of aromatic nitrogens is 12. The fraction of sp³-hybridized carbons (Fsp3) is 0.346. The van der Waals surface area contributed by atoms with Crippen LogP contribution in [0.25, 0.3) is 33.9 Å². The molecule has 448 valence electrons. The molecule has 0 radical (unpaired) electrons. The van der Waals surface area contributed by atoms with Gasteiger partial charge in [0.1, 0.15) is 92.9 Å². The zero-order chi connectivity index (χ0) is 60.7. The number of nitrogens with one attached hydrogen (secondary N) is 1. The molecule has 6 heterocycles. The maximum atomic E-state index is 14.7. The molecule has 10 rings (SSSR count). The van der Waals surface area contributed by atoms with Crippen molar-refractivity contribution in [1.82, 2.24) is 64.8 Å². The third-order valence-electron chi connectivity index (χ3n) is 13.8. The van der Waals surface area contributed by atoms with Crippen LogP contribution in [0, 0.1) is 37.1 Å². The molecule has 85 heavy (non-hydrogen) atoms. The van der Waals surface area contributed by atoms with Gasteiger partial charge in [-0.1, -0.05) is 80.0 Å². The Kier molecular flexibility index (Phi) is 18.6. The van der Waals surface area contributed by atoms with Gasteiger partial charge >= 0.3 is 12.1 Å². The number of aliphatic hydroxyl groups is 4. The molecule has 33 heteroatoms. The van der Waals surface area contributed by atoms with E-state index >= 15 is 0 Å². The van der Waals surface area contributed by atoms with E-state index in [-0.39, 0.29) is 103 Å². The Balaban J connectivity index is 0.903. The highest BCUT2D eigenvalue weighted by atomic mass is 35.5. The predicted octanol–water partition coefficient (Wildman–Crippen LogP) is 8.40. The average Bonchev–Trinajstić information content (AvgIpc) is 2.77. The van der Waals surface area contributed by atoms with Crippen LogP contribution >= 0.6 is 69.6 Å². The van der Waals surface area contributed by atoms with Crippen molar-refractivity contribution in [1.29, 1.82) is 0 Å². The van der Waals surface area contributed by atoms with Gasteiger partial charge < -0.3 is 44.7 Å². The molecule has 23 nitrogen and oxygen atoms in total. The van der Waals surface area contributed by atoms with E-state index in [4.69, 9.17) is 88.6 Å². The van der Waals surface area contributed by atoms with E-state index in [2.05, 4.69) is 46.1 Å². The summed E-state index contributed by atoms with van der Waals surface area (Å²) < 4.78 is 88.1. The van der Waals surface area contributed by atoms with Gasteiger partial charge in [0, 0.05) is 34.1 Å². The molecule has 2 aliphatic rings. The Labute approximate surface area is 507 Å². The number of hydrogen-bond acceptors (Lipinski definition) is 18. The summed E-state index contributed by atoms with van der Waals surface area (Å²) in [5, 5.41) is 72.2. The van der Waals surface area contributed by atoms with Crippen molar-refractivity contribution in [2.24, 2.45) is 0 Å². The Morgan fingerprint density at radius 1 is 0.624 bits per heavy atom. The number of esters is 1. The average molecular weight is 1300 g/mol. The summed E-state index contributed by atoms with van der Waals surface area (Å²) in [5.41, 5.74) is 0.0865. The minimum absolute atomic E-state index is 0.0211. The molecule has 2 fully saturated rings. The maximum Gasteiger partial charge on any atom is 0.407 e. The molecule has 0 spiro atoms. The molecule has 8 aromatic rings. The molecule has 4 aromatic carbocycles. The third kappa shape index (κ3) is 12.8. The highest BCUT2D eigenvalue weighted by molar-refractivity contribution is 6.35. The quantitative estimate of drug-likeness (QED) is 0.0247. The number of nitrogens with zero attached hydrogens (tertiary/aromatic N) is 12. The Bertz CT molecular complexity index is 3520. The highest BCUT2D eigenvalue weighted by Gasteiger charge is 2.53. The van der Waals surface area contributed by atoms with Gasteiger partial charge in [0.2, 0.25) is 0 Å². The van der Waals surface area contributed by atoms with Crippen molar-refractivity contribution in [2.75, 3.05) is 19.8 Å². The second-order valence-electron chi connectivity index (χ2n) is 19.5. The van der Waals surface area contributed by atoms with Crippen LogP contribution in [0.3, 0.4) is 0 Å². The maximum absolute atomic E-state index is 14.7. The number of hydrogen-bond donors (Lipinski definition) is 5. The first-order valence-corrected chi connectivity index (χ1v) is 27.8. The summed E-state index contributed by atoms with van der Waals surface area (Å²) in [5.74, 6) is -4.94. The first-order valence-electron chi connectivity index (χ1n) is 25.6. The number of aliphatic hydroxyl groups excluding tert-OH is 4. The monoisotopic (exact) mass is 1300 g/mol. The lowest BCUT2D eigenvalue weighted by Gasteiger charge is -2.43. The molecule has 10 atom stereocenters. The van der Waals surface area contributed by atoms with Crippen LogP contribution in [0.1, 0.15) is 66.9 Å². The van der Waals surface area contributed by atoms with Gasteiger partial charge in [-0.15, -0.1) is 10.2 Å². The molecule has 0 saturated carbocycles. The lowest BCUT2D eigenvalue weighted by molar-refractivity contribution is -0.223. The summed E-state index contributed by atoms with van der Waals surface area (Å²) in [6, 6.07) is 9.80. The summed E-state index contributed by atoms with van der Waals surface area (Å²) in [6.07, 6.45) is -11.3. The van der Waals surface area contributed by atoms with Crippen LogP contribution in [-0.4, -0.2) is 148 Å². The smallest absolute Gasteiger partial charge is 0.407 e. The van der Waals surface area contributed by atoms with Gasteiger partial charge in [0.15, 0.2) is 36.1 Å². The fourth-order valence-electron chi connectivity index (χ4n) is 9.83. The van der Waals surface area contributed by atoms with E-state index in [9.17, 15) is 47.6 Å². The minimum Gasteiger partial charge on any atom is -0.457 e. The molecule has 10 unspecified atom stereocenters. The van der Waals surface area contributed by atoms with Crippen molar-refractivity contribution in [3.05, 3.63) is 150 Å². The van der Waals surface area contributed by atoms with Crippen molar-refractivity contribution in [3.8, 4) is 33.9 Å². The number of rotatable bonds is 17. The number of halogens is 10. The number of unbranched alkanes of at least 4 members (excludes halogenated alkanes) is 1. The van der Waals surface area contributed by atoms with E-state index in [1.807, 2.05) is 0 Å². The van der Waals surface area contributed by atoms with Crippen LogP contribution in [0.2, 0.25) is 30.1 Å². The number of carbonyl (C=O) groups excluding carboxylic acids is 2. The first kappa shape index (κ1) is 61.5. The number of benzene rings is 4. The number of ether oxygens (including phenoxy) is 4. The van der Waals surface area contributed by atoms with Gasteiger partial charge in [0.05, 0.1) is 47.0 Å². The summed E-state index contributed by atoms with van der Waals surface area (Å²) in [7, 11) is 0. The Hall–Kier alpha value is -6.60.